The van der Waals surface area contributed by atoms with Crippen LogP contribution in [0.25, 0.3) is 17.0 Å². The van der Waals surface area contributed by atoms with Gasteiger partial charge in [0.1, 0.15) is 0 Å². The van der Waals surface area contributed by atoms with Gasteiger partial charge >= 0.3 is 0 Å². The van der Waals surface area contributed by atoms with Gasteiger partial charge in [0, 0.05) is 22.9 Å². The van der Waals surface area contributed by atoms with Gasteiger partial charge in [-0.15, -0.1) is 11.3 Å². The van der Waals surface area contributed by atoms with E-state index >= 15 is 0 Å². The van der Waals surface area contributed by atoms with Gasteiger partial charge in [0.15, 0.2) is 11.5 Å². The highest BCUT2D eigenvalue weighted by molar-refractivity contribution is 7.09. The van der Waals surface area contributed by atoms with Crippen LogP contribution >= 0.6 is 11.3 Å². The van der Waals surface area contributed by atoms with Crippen molar-refractivity contribution in [1.29, 1.82) is 0 Å². The predicted molar refractivity (Wildman–Crippen MR) is 129 cm³/mol. The Morgan fingerprint density at radius 2 is 1.81 bits per heavy atom. The van der Waals surface area contributed by atoms with E-state index in [0.717, 1.165) is 27.0 Å². The van der Waals surface area contributed by atoms with Gasteiger partial charge in [0.2, 0.25) is 5.91 Å². The van der Waals surface area contributed by atoms with Crippen LogP contribution in [0.1, 0.15) is 16.1 Å². The van der Waals surface area contributed by atoms with E-state index in [1.165, 1.54) is 0 Å². The minimum absolute atomic E-state index is 0.0804. The average Bonchev–Trinajstić information content (AvgIpc) is 3.35. The molecule has 0 aliphatic carbocycles. The molecule has 0 atom stereocenters. The minimum atomic E-state index is -0.0804. The number of hydrogen-bond acceptors (Lipinski definition) is 5. The lowest BCUT2D eigenvalue weighted by atomic mass is 10.1. The Hall–Kier alpha value is -3.64. The zero-order valence-electron chi connectivity index (χ0n) is 18.0. The summed E-state index contributed by atoms with van der Waals surface area (Å²) >= 11 is 1.63. The number of para-hydroxylation sites is 1. The third-order valence-corrected chi connectivity index (χ3v) is 5.94. The van der Waals surface area contributed by atoms with Crippen molar-refractivity contribution in [3.63, 3.8) is 0 Å². The number of nitrogens with zero attached hydrogens (tertiary/aromatic N) is 2. The van der Waals surface area contributed by atoms with Crippen LogP contribution in [0.3, 0.4) is 0 Å². The van der Waals surface area contributed by atoms with Crippen LogP contribution in [0.2, 0.25) is 0 Å². The van der Waals surface area contributed by atoms with Crippen molar-refractivity contribution in [3.05, 3.63) is 94.3 Å². The summed E-state index contributed by atoms with van der Waals surface area (Å²) in [7, 11) is 3.21. The summed E-state index contributed by atoms with van der Waals surface area (Å²) < 4.78 is 10.7. The average molecular weight is 445 g/mol. The first kappa shape index (κ1) is 21.6. The van der Waals surface area contributed by atoms with Crippen LogP contribution in [0, 0.1) is 0 Å². The first-order valence-corrected chi connectivity index (χ1v) is 11.1. The zero-order chi connectivity index (χ0) is 22.3. The highest BCUT2D eigenvalue weighted by Gasteiger charge is 2.15. The molecule has 2 aromatic heterocycles. The number of thiophene rings is 1. The number of aromatic nitrogens is 1. The van der Waals surface area contributed by atoms with Crippen LogP contribution in [-0.2, 0) is 17.9 Å². The predicted octanol–water partition coefficient (Wildman–Crippen LogP) is 5.56. The number of amides is 1. The van der Waals surface area contributed by atoms with Gasteiger partial charge in [-0.3, -0.25) is 4.79 Å². The van der Waals surface area contributed by atoms with E-state index in [4.69, 9.17) is 9.47 Å². The fraction of sp³-hybridized carbons (Fsp3) is 0.154. The summed E-state index contributed by atoms with van der Waals surface area (Å²) in [5.74, 6) is 1.22. The smallest absolute Gasteiger partial charge is 0.247 e. The van der Waals surface area contributed by atoms with Gasteiger partial charge in [0.25, 0.3) is 0 Å². The molecule has 0 bridgehead atoms. The number of carbonyl (C=O) groups excluding carboxylic acids is 1. The molecule has 0 fully saturated rings. The maximum absolute atomic E-state index is 13.1. The van der Waals surface area contributed by atoms with Crippen molar-refractivity contribution >= 4 is 34.2 Å². The van der Waals surface area contributed by atoms with Gasteiger partial charge < -0.3 is 14.4 Å². The van der Waals surface area contributed by atoms with E-state index in [-0.39, 0.29) is 5.91 Å². The summed E-state index contributed by atoms with van der Waals surface area (Å²) in [5.41, 5.74) is 2.62. The minimum Gasteiger partial charge on any atom is -0.493 e. The van der Waals surface area contributed by atoms with Crippen LogP contribution in [0.15, 0.2) is 78.2 Å². The lowest BCUT2D eigenvalue weighted by Crippen LogP contribution is -2.28. The Morgan fingerprint density at radius 1 is 0.969 bits per heavy atom. The Bertz CT molecular complexity index is 1240. The fourth-order valence-electron chi connectivity index (χ4n) is 3.44. The molecule has 5 nitrogen and oxygen atoms in total. The number of methoxy groups -OCH3 is 2. The highest BCUT2D eigenvalue weighted by atomic mass is 32.1. The van der Waals surface area contributed by atoms with E-state index in [1.54, 1.807) is 37.7 Å². The van der Waals surface area contributed by atoms with Crippen LogP contribution < -0.4 is 9.47 Å². The molecule has 0 saturated carbocycles. The van der Waals surface area contributed by atoms with Gasteiger partial charge in [-0.25, -0.2) is 4.98 Å². The molecule has 0 unspecified atom stereocenters. The molecule has 4 aromatic rings. The summed E-state index contributed by atoms with van der Waals surface area (Å²) in [6.45, 7) is 0.979. The Balaban J connectivity index is 1.56. The van der Waals surface area contributed by atoms with Gasteiger partial charge in [-0.1, -0.05) is 36.4 Å². The second kappa shape index (κ2) is 10.1. The third kappa shape index (κ3) is 5.15. The van der Waals surface area contributed by atoms with Crippen LogP contribution in [-0.4, -0.2) is 30.0 Å². The molecule has 6 heteroatoms. The summed E-state index contributed by atoms with van der Waals surface area (Å²) in [4.78, 5) is 20.7. The second-order valence-corrected chi connectivity index (χ2v) is 8.26. The maximum atomic E-state index is 13.1. The molecule has 32 heavy (non-hydrogen) atoms. The Kier molecular flexibility index (Phi) is 6.82. The molecule has 0 aliphatic rings. The van der Waals surface area contributed by atoms with Gasteiger partial charge in [-0.2, -0.15) is 0 Å². The molecule has 4 rings (SSSR count). The maximum Gasteiger partial charge on any atom is 0.247 e. The number of ether oxygens (including phenoxy) is 2. The topological polar surface area (TPSA) is 51.7 Å². The number of benzene rings is 2. The number of fused-ring (bicyclic) bond motifs is 1. The van der Waals surface area contributed by atoms with E-state index in [2.05, 4.69) is 4.98 Å². The van der Waals surface area contributed by atoms with Crippen LogP contribution in [0.4, 0.5) is 0 Å². The molecule has 0 aliphatic heterocycles. The van der Waals surface area contributed by atoms with Crippen molar-refractivity contribution in [2.45, 2.75) is 13.1 Å². The molecule has 0 saturated heterocycles. The van der Waals surface area contributed by atoms with Crippen molar-refractivity contribution in [3.8, 4) is 11.5 Å². The largest absolute Gasteiger partial charge is 0.493 e. The standard InChI is InChI=1S/C26H24N2O3S/c1-30-24-13-9-19(16-25(24)31-2)17-28(18-22-7-5-15-32-22)26(29)14-12-21-11-10-20-6-3-4-8-23(20)27-21/h3-16H,17-18H2,1-2H3. The lowest BCUT2D eigenvalue weighted by Gasteiger charge is -2.21. The SMILES string of the molecule is COc1ccc(CN(Cc2cccs2)C(=O)C=Cc2ccc3ccccc3n2)cc1OC. The zero-order valence-corrected chi connectivity index (χ0v) is 18.8. The first-order chi connectivity index (χ1) is 15.7. The van der Waals surface area contributed by atoms with E-state index in [9.17, 15) is 4.79 Å². The van der Waals surface area contributed by atoms with E-state index < -0.39 is 0 Å². The summed E-state index contributed by atoms with van der Waals surface area (Å²) in [6.07, 6.45) is 3.36. The molecule has 0 radical (unpaired) electrons. The number of hydrogen-bond donors (Lipinski definition) is 0. The van der Waals surface area contributed by atoms with Crippen molar-refractivity contribution in [2.24, 2.45) is 0 Å². The van der Waals surface area contributed by atoms with Crippen molar-refractivity contribution < 1.29 is 14.3 Å². The Labute approximate surface area is 191 Å². The monoisotopic (exact) mass is 444 g/mol. The third-order valence-electron chi connectivity index (χ3n) is 5.08. The quantitative estimate of drug-likeness (QED) is 0.334. The van der Waals surface area contributed by atoms with E-state index in [0.29, 0.717) is 24.6 Å². The highest BCUT2D eigenvalue weighted by Crippen LogP contribution is 2.28. The number of pyridine rings is 1. The normalized spacial score (nSPS) is 11.1. The second-order valence-electron chi connectivity index (χ2n) is 7.23. The van der Waals surface area contributed by atoms with Gasteiger partial charge in [-0.05, 0) is 47.4 Å². The number of rotatable bonds is 8. The van der Waals surface area contributed by atoms with Crippen molar-refractivity contribution in [1.82, 2.24) is 9.88 Å². The molecular formula is C26H24N2O3S. The molecule has 2 aromatic carbocycles. The lowest BCUT2D eigenvalue weighted by molar-refractivity contribution is -0.127. The molecule has 0 spiro atoms. The summed E-state index contributed by atoms with van der Waals surface area (Å²) in [6, 6.07) is 21.6. The molecule has 1 amide bonds. The van der Waals surface area contributed by atoms with E-state index in [1.807, 2.05) is 77.0 Å². The van der Waals surface area contributed by atoms with Gasteiger partial charge in [0.05, 0.1) is 32.0 Å². The molecule has 162 valence electrons. The van der Waals surface area contributed by atoms with Crippen molar-refractivity contribution in [2.75, 3.05) is 14.2 Å². The number of carbonyl (C=O) groups is 1. The Morgan fingerprint density at radius 3 is 2.59 bits per heavy atom. The summed E-state index contributed by atoms with van der Waals surface area (Å²) in [5, 5.41) is 3.09. The molecule has 0 N–H and O–H groups in total. The molecule has 2 heterocycles. The van der Waals surface area contributed by atoms with Crippen LogP contribution in [0.5, 0.6) is 11.5 Å². The first-order valence-electron chi connectivity index (χ1n) is 10.2. The molecular weight excluding hydrogens is 420 g/mol. The fourth-order valence-corrected chi connectivity index (χ4v) is 4.16.